The zero-order valence-electron chi connectivity index (χ0n) is 12.4. The Balaban J connectivity index is 2.05. The third-order valence-corrected chi connectivity index (χ3v) is 4.68. The van der Waals surface area contributed by atoms with Crippen molar-refractivity contribution < 1.29 is 9.59 Å². The molecule has 1 aliphatic heterocycles. The molecule has 2 aromatic rings. The number of halogens is 1. The number of benzene rings is 2. The number of anilines is 1. The molecule has 2 unspecified atom stereocenters. The lowest BCUT2D eigenvalue weighted by atomic mass is 9.68. The molecule has 2 atom stereocenters. The van der Waals surface area contributed by atoms with Crippen LogP contribution in [-0.2, 0) is 9.59 Å². The third-order valence-electron chi connectivity index (χ3n) is 4.42. The minimum Gasteiger partial charge on any atom is -0.298 e. The highest BCUT2D eigenvalue weighted by molar-refractivity contribution is 6.30. The Hall–Kier alpha value is -2.13. The van der Waals surface area contributed by atoms with Gasteiger partial charge in [0, 0.05) is 10.7 Å². The average Bonchev–Trinajstić information content (AvgIpc) is 2.50. The zero-order chi connectivity index (χ0) is 15.9. The minimum absolute atomic E-state index is 0.0316. The summed E-state index contributed by atoms with van der Waals surface area (Å²) in [6, 6.07) is 16.4. The van der Waals surface area contributed by atoms with E-state index in [0.717, 1.165) is 5.56 Å². The van der Waals surface area contributed by atoms with Crippen molar-refractivity contribution >= 4 is 29.0 Å². The zero-order valence-corrected chi connectivity index (χ0v) is 13.2. The van der Waals surface area contributed by atoms with Gasteiger partial charge in [-0.05, 0) is 43.7 Å². The molecule has 0 spiro atoms. The standard InChI is InChI=1S/C18H16ClNO2/c1-12(21)18(2)16(13-6-4-3-5-7-13)17(22)20(18)15-10-8-14(19)9-11-15/h3-11,16H,1-2H3. The molecular weight excluding hydrogens is 298 g/mol. The van der Waals surface area contributed by atoms with Gasteiger partial charge >= 0.3 is 0 Å². The highest BCUT2D eigenvalue weighted by Gasteiger charge is 2.61. The van der Waals surface area contributed by atoms with Gasteiger partial charge in [0.2, 0.25) is 5.91 Å². The fourth-order valence-electron chi connectivity index (χ4n) is 3.12. The number of nitrogens with zero attached hydrogens (tertiary/aromatic N) is 1. The van der Waals surface area contributed by atoms with E-state index in [0.29, 0.717) is 10.7 Å². The van der Waals surface area contributed by atoms with E-state index >= 15 is 0 Å². The fraction of sp³-hybridized carbons (Fsp3) is 0.222. The average molecular weight is 314 g/mol. The van der Waals surface area contributed by atoms with Crippen molar-refractivity contribution in [2.24, 2.45) is 0 Å². The van der Waals surface area contributed by atoms with E-state index in [1.54, 1.807) is 29.2 Å². The second-order valence-electron chi connectivity index (χ2n) is 5.70. The van der Waals surface area contributed by atoms with Crippen LogP contribution < -0.4 is 4.90 Å². The summed E-state index contributed by atoms with van der Waals surface area (Å²) in [5.41, 5.74) is 0.696. The molecule has 1 heterocycles. The molecule has 0 aliphatic carbocycles. The van der Waals surface area contributed by atoms with Gasteiger partial charge in [0.05, 0.1) is 5.92 Å². The van der Waals surface area contributed by atoms with E-state index in [1.807, 2.05) is 37.3 Å². The second-order valence-corrected chi connectivity index (χ2v) is 6.13. The van der Waals surface area contributed by atoms with E-state index in [2.05, 4.69) is 0 Å². The summed E-state index contributed by atoms with van der Waals surface area (Å²) in [6.45, 7) is 3.36. The Morgan fingerprint density at radius 3 is 2.23 bits per heavy atom. The number of ketones is 1. The van der Waals surface area contributed by atoms with Crippen LogP contribution in [0.25, 0.3) is 0 Å². The molecule has 1 amide bonds. The van der Waals surface area contributed by atoms with Crippen LogP contribution in [0.5, 0.6) is 0 Å². The van der Waals surface area contributed by atoms with Crippen LogP contribution in [0.2, 0.25) is 5.02 Å². The first-order chi connectivity index (χ1) is 10.5. The molecule has 1 saturated heterocycles. The molecule has 0 aromatic heterocycles. The SMILES string of the molecule is CC(=O)C1(C)C(c2ccccc2)C(=O)N1c1ccc(Cl)cc1. The topological polar surface area (TPSA) is 37.4 Å². The molecule has 22 heavy (non-hydrogen) atoms. The normalized spacial score (nSPS) is 24.0. The fourth-order valence-corrected chi connectivity index (χ4v) is 3.25. The van der Waals surface area contributed by atoms with Gasteiger partial charge in [-0.3, -0.25) is 14.5 Å². The highest BCUT2D eigenvalue weighted by atomic mass is 35.5. The van der Waals surface area contributed by atoms with Crippen LogP contribution in [0.15, 0.2) is 54.6 Å². The van der Waals surface area contributed by atoms with Crippen molar-refractivity contribution in [2.45, 2.75) is 25.3 Å². The predicted octanol–water partition coefficient (Wildman–Crippen LogP) is 3.82. The summed E-state index contributed by atoms with van der Waals surface area (Å²) in [4.78, 5) is 26.6. The lowest BCUT2D eigenvalue weighted by Gasteiger charge is -2.54. The van der Waals surface area contributed by atoms with Crippen molar-refractivity contribution in [3.63, 3.8) is 0 Å². The third kappa shape index (κ3) is 2.04. The Bertz CT molecular complexity index is 727. The molecule has 4 heteroatoms. The number of carbonyl (C=O) groups is 2. The van der Waals surface area contributed by atoms with Crippen LogP contribution in [-0.4, -0.2) is 17.2 Å². The summed E-state index contributed by atoms with van der Waals surface area (Å²) in [6.07, 6.45) is 0. The van der Waals surface area contributed by atoms with Gasteiger partial charge in [-0.2, -0.15) is 0 Å². The van der Waals surface area contributed by atoms with Crippen LogP contribution in [0.1, 0.15) is 25.3 Å². The minimum atomic E-state index is -0.869. The maximum atomic E-state index is 12.7. The van der Waals surface area contributed by atoms with Gasteiger partial charge < -0.3 is 0 Å². The molecule has 0 N–H and O–H groups in total. The molecule has 3 rings (SSSR count). The smallest absolute Gasteiger partial charge is 0.238 e. The first-order valence-electron chi connectivity index (χ1n) is 7.12. The molecule has 0 saturated carbocycles. The second kappa shape index (κ2) is 5.25. The number of β-lactam (4-membered cyclic amide) rings is 1. The summed E-state index contributed by atoms with van der Waals surface area (Å²) >= 11 is 5.90. The van der Waals surface area contributed by atoms with Gasteiger partial charge in [0.25, 0.3) is 0 Å². The van der Waals surface area contributed by atoms with Gasteiger partial charge in [0.1, 0.15) is 5.54 Å². The molecule has 0 bridgehead atoms. The molecule has 0 radical (unpaired) electrons. The summed E-state index contributed by atoms with van der Waals surface area (Å²) in [7, 11) is 0. The summed E-state index contributed by atoms with van der Waals surface area (Å²) < 4.78 is 0. The lowest BCUT2D eigenvalue weighted by Crippen LogP contribution is -2.71. The van der Waals surface area contributed by atoms with Crippen molar-refractivity contribution in [3.8, 4) is 0 Å². The van der Waals surface area contributed by atoms with E-state index < -0.39 is 11.5 Å². The number of carbonyl (C=O) groups excluding carboxylic acids is 2. The van der Waals surface area contributed by atoms with Gasteiger partial charge in [-0.1, -0.05) is 41.9 Å². The van der Waals surface area contributed by atoms with Crippen molar-refractivity contribution in [3.05, 3.63) is 65.2 Å². The Morgan fingerprint density at radius 2 is 1.68 bits per heavy atom. The Kier molecular flexibility index (Phi) is 3.53. The van der Waals surface area contributed by atoms with E-state index in [-0.39, 0.29) is 11.7 Å². The Morgan fingerprint density at radius 1 is 1.09 bits per heavy atom. The molecule has 3 nitrogen and oxygen atoms in total. The van der Waals surface area contributed by atoms with Crippen LogP contribution in [0, 0.1) is 0 Å². The maximum Gasteiger partial charge on any atom is 0.238 e. The van der Waals surface area contributed by atoms with Crippen molar-refractivity contribution in [1.82, 2.24) is 0 Å². The van der Waals surface area contributed by atoms with Crippen LogP contribution >= 0.6 is 11.6 Å². The quantitative estimate of drug-likeness (QED) is 0.808. The summed E-state index contributed by atoms with van der Waals surface area (Å²) in [5, 5.41) is 0.598. The monoisotopic (exact) mass is 313 g/mol. The lowest BCUT2D eigenvalue weighted by molar-refractivity contribution is -0.139. The number of hydrogen-bond acceptors (Lipinski definition) is 2. The van der Waals surface area contributed by atoms with Gasteiger partial charge in [-0.15, -0.1) is 0 Å². The molecular formula is C18H16ClNO2. The number of hydrogen-bond donors (Lipinski definition) is 0. The Labute approximate surface area is 134 Å². The van der Waals surface area contributed by atoms with E-state index in [9.17, 15) is 9.59 Å². The van der Waals surface area contributed by atoms with Gasteiger partial charge in [0.15, 0.2) is 5.78 Å². The highest BCUT2D eigenvalue weighted by Crippen LogP contribution is 2.48. The van der Waals surface area contributed by atoms with E-state index in [4.69, 9.17) is 11.6 Å². The van der Waals surface area contributed by atoms with E-state index in [1.165, 1.54) is 6.92 Å². The molecule has 1 aliphatic rings. The first kappa shape index (κ1) is 14.8. The molecule has 2 aromatic carbocycles. The van der Waals surface area contributed by atoms with Crippen LogP contribution in [0.3, 0.4) is 0 Å². The molecule has 1 fully saturated rings. The predicted molar refractivity (Wildman–Crippen MR) is 87.2 cm³/mol. The summed E-state index contributed by atoms with van der Waals surface area (Å²) in [5.74, 6) is -0.538. The maximum absolute atomic E-state index is 12.7. The van der Waals surface area contributed by atoms with Crippen molar-refractivity contribution in [2.75, 3.05) is 4.90 Å². The number of Topliss-reactive ketones (excluding diaryl/α,β-unsaturated/α-hetero) is 1. The number of amides is 1. The first-order valence-corrected chi connectivity index (χ1v) is 7.49. The number of rotatable bonds is 3. The largest absolute Gasteiger partial charge is 0.298 e. The van der Waals surface area contributed by atoms with Crippen molar-refractivity contribution in [1.29, 1.82) is 0 Å². The molecule has 112 valence electrons. The van der Waals surface area contributed by atoms with Gasteiger partial charge in [-0.25, -0.2) is 0 Å². The van der Waals surface area contributed by atoms with Crippen LogP contribution in [0.4, 0.5) is 5.69 Å².